The predicted octanol–water partition coefficient (Wildman–Crippen LogP) is 3.01. The van der Waals surface area contributed by atoms with E-state index in [4.69, 9.17) is 9.40 Å². The topological polar surface area (TPSA) is 84.4 Å². The van der Waals surface area contributed by atoms with Crippen molar-refractivity contribution in [2.75, 3.05) is 18.1 Å². The van der Waals surface area contributed by atoms with E-state index in [2.05, 4.69) is 4.98 Å². The number of anilines is 1. The summed E-state index contributed by atoms with van der Waals surface area (Å²) in [6.07, 6.45) is 1.64. The average Bonchev–Trinajstić information content (AvgIpc) is 3.36. The number of hydrogen-bond acceptors (Lipinski definition) is 6. The van der Waals surface area contributed by atoms with Gasteiger partial charge in [-0.15, -0.1) is 0 Å². The number of nitrogens with zero attached hydrogens (tertiary/aromatic N) is 4. The van der Waals surface area contributed by atoms with Crippen LogP contribution in [-0.4, -0.2) is 32.8 Å². The van der Waals surface area contributed by atoms with E-state index in [-0.39, 0.29) is 30.6 Å². The van der Waals surface area contributed by atoms with Gasteiger partial charge in [0.25, 0.3) is 11.6 Å². The first-order chi connectivity index (χ1) is 14.2. The maximum Gasteiger partial charge on any atom is 0.299 e. The number of halogens is 1. The van der Waals surface area contributed by atoms with Crippen LogP contribution in [0.2, 0.25) is 0 Å². The summed E-state index contributed by atoms with van der Waals surface area (Å²) in [5, 5.41) is 10.0. The van der Waals surface area contributed by atoms with E-state index in [1.54, 1.807) is 18.2 Å². The lowest BCUT2D eigenvalue weighted by Gasteiger charge is -2.25. The number of aliphatic hydroxyl groups is 1. The molecule has 0 amide bonds. The molecule has 7 nitrogen and oxygen atoms in total. The highest BCUT2D eigenvalue weighted by atomic mass is 19.1. The number of fused-ring (bicyclic) bond motifs is 2. The van der Waals surface area contributed by atoms with Crippen molar-refractivity contribution in [3.05, 3.63) is 64.5 Å². The van der Waals surface area contributed by atoms with Crippen LogP contribution in [0.25, 0.3) is 22.0 Å². The van der Waals surface area contributed by atoms with Crippen molar-refractivity contribution in [1.82, 2.24) is 14.5 Å². The van der Waals surface area contributed by atoms with E-state index < -0.39 is 0 Å². The summed E-state index contributed by atoms with van der Waals surface area (Å²) in [7, 11) is 0. The van der Waals surface area contributed by atoms with Crippen molar-refractivity contribution in [1.29, 1.82) is 0 Å². The van der Waals surface area contributed by atoms with Crippen LogP contribution in [0.4, 0.5) is 10.4 Å². The number of para-hydroxylation sites is 1. The third kappa shape index (κ3) is 2.96. The number of rotatable bonds is 4. The Labute approximate surface area is 165 Å². The molecule has 0 radical (unpaired) electrons. The monoisotopic (exact) mass is 394 g/mol. The molecule has 4 aromatic rings. The molecular weight excluding hydrogens is 375 g/mol. The summed E-state index contributed by atoms with van der Waals surface area (Å²) in [5.74, 6) is 0.194. The lowest BCUT2D eigenvalue weighted by Crippen LogP contribution is -2.33. The first-order valence-electron chi connectivity index (χ1n) is 9.59. The number of benzene rings is 2. The minimum absolute atomic E-state index is 0.162. The van der Waals surface area contributed by atoms with E-state index in [9.17, 15) is 14.3 Å². The lowest BCUT2D eigenvalue weighted by molar-refractivity contribution is 0.270. The van der Waals surface area contributed by atoms with E-state index >= 15 is 0 Å². The van der Waals surface area contributed by atoms with Crippen molar-refractivity contribution in [2.24, 2.45) is 0 Å². The molecule has 2 aromatic carbocycles. The number of aromatic nitrogens is 3. The molecular formula is C21H19FN4O3. The third-order valence-corrected chi connectivity index (χ3v) is 5.35. The second kappa shape index (κ2) is 6.97. The van der Waals surface area contributed by atoms with Crippen LogP contribution in [0.5, 0.6) is 0 Å². The SMILES string of the molecule is O=c1c2ccccc2nc(C2CCCN2c2nc3ccc(F)cc3o2)n1CCO. The highest BCUT2D eigenvalue weighted by Crippen LogP contribution is 2.36. The minimum atomic E-state index is -0.383. The third-order valence-electron chi connectivity index (χ3n) is 5.35. The van der Waals surface area contributed by atoms with E-state index in [0.717, 1.165) is 12.8 Å². The zero-order valence-electron chi connectivity index (χ0n) is 15.6. The van der Waals surface area contributed by atoms with Gasteiger partial charge in [-0.05, 0) is 37.1 Å². The van der Waals surface area contributed by atoms with Crippen LogP contribution >= 0.6 is 0 Å². The van der Waals surface area contributed by atoms with E-state index in [0.29, 0.717) is 40.4 Å². The molecule has 1 unspecified atom stereocenters. The van der Waals surface area contributed by atoms with Crippen molar-refractivity contribution in [3.8, 4) is 0 Å². The Morgan fingerprint density at radius 1 is 1.17 bits per heavy atom. The van der Waals surface area contributed by atoms with Crippen LogP contribution in [-0.2, 0) is 6.54 Å². The van der Waals surface area contributed by atoms with Gasteiger partial charge in [-0.25, -0.2) is 9.37 Å². The van der Waals surface area contributed by atoms with Crippen molar-refractivity contribution in [2.45, 2.75) is 25.4 Å². The molecule has 1 fully saturated rings. The van der Waals surface area contributed by atoms with Gasteiger partial charge in [-0.1, -0.05) is 12.1 Å². The molecule has 8 heteroatoms. The van der Waals surface area contributed by atoms with Gasteiger partial charge < -0.3 is 14.4 Å². The Balaban J connectivity index is 1.64. The number of aliphatic hydroxyl groups excluding tert-OH is 1. The van der Waals surface area contributed by atoms with Gasteiger partial charge in [-0.2, -0.15) is 4.98 Å². The molecule has 0 bridgehead atoms. The Morgan fingerprint density at radius 3 is 2.90 bits per heavy atom. The molecule has 1 aliphatic rings. The van der Waals surface area contributed by atoms with Crippen molar-refractivity contribution in [3.63, 3.8) is 0 Å². The van der Waals surface area contributed by atoms with Gasteiger partial charge in [0.15, 0.2) is 5.58 Å². The average molecular weight is 394 g/mol. The summed E-state index contributed by atoms with van der Waals surface area (Å²) in [5.41, 5.74) is 1.40. The van der Waals surface area contributed by atoms with Crippen LogP contribution in [0.15, 0.2) is 51.7 Å². The van der Waals surface area contributed by atoms with Crippen LogP contribution in [0.3, 0.4) is 0 Å². The number of oxazole rings is 1. The highest BCUT2D eigenvalue weighted by molar-refractivity contribution is 5.77. The van der Waals surface area contributed by atoms with Gasteiger partial charge >= 0.3 is 0 Å². The maximum atomic E-state index is 13.5. The first-order valence-corrected chi connectivity index (χ1v) is 9.59. The Morgan fingerprint density at radius 2 is 2.03 bits per heavy atom. The van der Waals surface area contributed by atoms with Gasteiger partial charge in [0, 0.05) is 12.6 Å². The normalized spacial score (nSPS) is 16.9. The van der Waals surface area contributed by atoms with Crippen LogP contribution in [0, 0.1) is 5.82 Å². The zero-order valence-corrected chi connectivity index (χ0v) is 15.6. The zero-order chi connectivity index (χ0) is 20.0. The second-order valence-electron chi connectivity index (χ2n) is 7.13. The van der Waals surface area contributed by atoms with Gasteiger partial charge in [0.2, 0.25) is 0 Å². The quantitative estimate of drug-likeness (QED) is 0.573. The molecule has 1 N–H and O–H groups in total. The molecule has 2 aromatic heterocycles. The van der Waals surface area contributed by atoms with Crippen LogP contribution < -0.4 is 10.5 Å². The summed E-state index contributed by atoms with van der Waals surface area (Å²) < 4.78 is 20.9. The van der Waals surface area contributed by atoms with E-state index in [1.807, 2.05) is 17.0 Å². The molecule has 0 aliphatic carbocycles. The fourth-order valence-electron chi connectivity index (χ4n) is 4.03. The van der Waals surface area contributed by atoms with Crippen molar-refractivity contribution >= 4 is 28.0 Å². The predicted molar refractivity (Wildman–Crippen MR) is 106 cm³/mol. The van der Waals surface area contributed by atoms with Crippen molar-refractivity contribution < 1.29 is 13.9 Å². The molecule has 1 aliphatic heterocycles. The first kappa shape index (κ1) is 17.8. The van der Waals surface area contributed by atoms with Gasteiger partial charge in [-0.3, -0.25) is 9.36 Å². The Bertz CT molecular complexity index is 1270. The lowest BCUT2D eigenvalue weighted by atomic mass is 10.1. The molecule has 0 spiro atoms. The molecule has 3 heterocycles. The number of hydrogen-bond donors (Lipinski definition) is 1. The molecule has 148 valence electrons. The standard InChI is InChI=1S/C21H19FN4O3/c22-13-7-8-16-18(12-13)29-21(24-16)25-9-3-6-17(25)19-23-15-5-2-1-4-14(15)20(28)26(19)10-11-27/h1-2,4-5,7-8,12,17,27H,3,6,9-11H2. The molecule has 1 saturated heterocycles. The summed E-state index contributed by atoms with van der Waals surface area (Å²) in [6, 6.07) is 11.6. The summed E-state index contributed by atoms with van der Waals surface area (Å²) in [6.45, 7) is 0.679. The van der Waals surface area contributed by atoms with Gasteiger partial charge in [0.05, 0.1) is 30.1 Å². The largest absolute Gasteiger partial charge is 0.423 e. The highest BCUT2D eigenvalue weighted by Gasteiger charge is 2.33. The van der Waals surface area contributed by atoms with E-state index in [1.165, 1.54) is 16.7 Å². The molecule has 1 atom stereocenters. The fraction of sp³-hybridized carbons (Fsp3) is 0.286. The molecule has 0 saturated carbocycles. The maximum absolute atomic E-state index is 13.5. The second-order valence-corrected chi connectivity index (χ2v) is 7.13. The summed E-state index contributed by atoms with van der Waals surface area (Å²) >= 11 is 0. The van der Waals surface area contributed by atoms with Crippen LogP contribution in [0.1, 0.15) is 24.7 Å². The molecule has 29 heavy (non-hydrogen) atoms. The van der Waals surface area contributed by atoms with Gasteiger partial charge in [0.1, 0.15) is 17.2 Å². The Hall–Kier alpha value is -3.26. The molecule has 5 rings (SSSR count). The smallest absolute Gasteiger partial charge is 0.299 e. The summed E-state index contributed by atoms with van der Waals surface area (Å²) in [4.78, 5) is 24.3. The fourth-order valence-corrected chi connectivity index (χ4v) is 4.03. The minimum Gasteiger partial charge on any atom is -0.423 e. The Kier molecular flexibility index (Phi) is 4.28.